The fourth-order valence-corrected chi connectivity index (χ4v) is 4.05. The zero-order chi connectivity index (χ0) is 22.2. The standard InChI is InChI=1S/C23H22N2O5S/c1-3-28-23(27)20-15(2)25-22(17(12-24)21(20)18-10-7-11-29-18)31-14-19(26)30-13-16-8-5-4-6-9-16/h4-11,21,25H,3,13-14H2,1-2H3. The molecule has 0 radical (unpaired) electrons. The zero-order valence-corrected chi connectivity index (χ0v) is 18.0. The van der Waals surface area contributed by atoms with Crippen molar-refractivity contribution in [3.05, 3.63) is 81.9 Å². The third-order valence-electron chi connectivity index (χ3n) is 4.55. The van der Waals surface area contributed by atoms with Crippen molar-refractivity contribution in [2.75, 3.05) is 12.4 Å². The highest BCUT2D eigenvalue weighted by Gasteiger charge is 2.37. The number of nitrogens with zero attached hydrogens (tertiary/aromatic N) is 1. The maximum absolute atomic E-state index is 12.6. The summed E-state index contributed by atoms with van der Waals surface area (Å²) >= 11 is 1.15. The lowest BCUT2D eigenvalue weighted by Gasteiger charge is -2.27. The van der Waals surface area contributed by atoms with Gasteiger partial charge in [-0.15, -0.1) is 0 Å². The fraction of sp³-hybridized carbons (Fsp3) is 0.261. The van der Waals surface area contributed by atoms with Gasteiger partial charge in [0.05, 0.1) is 46.8 Å². The summed E-state index contributed by atoms with van der Waals surface area (Å²) in [4.78, 5) is 24.8. The van der Waals surface area contributed by atoms with Crippen molar-refractivity contribution in [2.24, 2.45) is 0 Å². The van der Waals surface area contributed by atoms with E-state index in [1.54, 1.807) is 26.0 Å². The van der Waals surface area contributed by atoms with E-state index >= 15 is 0 Å². The molecular weight excluding hydrogens is 416 g/mol. The van der Waals surface area contributed by atoms with Crippen molar-refractivity contribution in [3.63, 3.8) is 0 Å². The highest BCUT2D eigenvalue weighted by molar-refractivity contribution is 8.03. The van der Waals surface area contributed by atoms with Crippen LogP contribution in [0.1, 0.15) is 31.1 Å². The molecule has 2 aromatic rings. The van der Waals surface area contributed by atoms with Crippen molar-refractivity contribution < 1.29 is 23.5 Å². The largest absolute Gasteiger partial charge is 0.468 e. The third kappa shape index (κ3) is 5.38. The van der Waals surface area contributed by atoms with Gasteiger partial charge < -0.3 is 19.2 Å². The predicted molar refractivity (Wildman–Crippen MR) is 115 cm³/mol. The van der Waals surface area contributed by atoms with Crippen LogP contribution in [0.25, 0.3) is 0 Å². The van der Waals surface area contributed by atoms with Crippen LogP contribution in [0.4, 0.5) is 0 Å². The Morgan fingerprint density at radius 3 is 2.61 bits per heavy atom. The number of thioether (sulfide) groups is 1. The van der Waals surface area contributed by atoms with E-state index in [2.05, 4.69) is 11.4 Å². The molecule has 1 aliphatic heterocycles. The molecule has 1 unspecified atom stereocenters. The number of allylic oxidation sites excluding steroid dienone is 2. The molecule has 0 spiro atoms. The molecule has 1 aliphatic rings. The van der Waals surface area contributed by atoms with Gasteiger partial charge in [-0.3, -0.25) is 4.79 Å². The molecule has 2 heterocycles. The Balaban J connectivity index is 1.78. The molecule has 0 saturated carbocycles. The smallest absolute Gasteiger partial charge is 0.336 e. The van der Waals surface area contributed by atoms with Crippen LogP contribution in [0.3, 0.4) is 0 Å². The Labute approximate surface area is 184 Å². The zero-order valence-electron chi connectivity index (χ0n) is 17.2. The quantitative estimate of drug-likeness (QED) is 0.617. The van der Waals surface area contributed by atoms with Gasteiger partial charge in [0.15, 0.2) is 0 Å². The molecule has 1 N–H and O–H groups in total. The first-order valence-corrected chi connectivity index (χ1v) is 10.7. The van der Waals surface area contributed by atoms with Gasteiger partial charge in [0.1, 0.15) is 12.4 Å². The molecule has 7 nitrogen and oxygen atoms in total. The minimum atomic E-state index is -0.719. The maximum Gasteiger partial charge on any atom is 0.336 e. The summed E-state index contributed by atoms with van der Waals surface area (Å²) in [6.45, 7) is 3.83. The van der Waals surface area contributed by atoms with Gasteiger partial charge in [-0.2, -0.15) is 5.26 Å². The van der Waals surface area contributed by atoms with Crippen LogP contribution in [0, 0.1) is 11.3 Å². The highest BCUT2D eigenvalue weighted by Crippen LogP contribution is 2.41. The summed E-state index contributed by atoms with van der Waals surface area (Å²) in [6.07, 6.45) is 1.48. The van der Waals surface area contributed by atoms with E-state index in [4.69, 9.17) is 13.9 Å². The number of furan rings is 1. The normalized spacial score (nSPS) is 15.8. The maximum atomic E-state index is 12.6. The van der Waals surface area contributed by atoms with E-state index in [1.165, 1.54) is 6.26 Å². The lowest BCUT2D eigenvalue weighted by molar-refractivity contribution is -0.141. The number of rotatable bonds is 8. The minimum Gasteiger partial charge on any atom is -0.468 e. The first-order chi connectivity index (χ1) is 15.0. The third-order valence-corrected chi connectivity index (χ3v) is 5.54. The molecule has 0 bridgehead atoms. The van der Waals surface area contributed by atoms with Crippen LogP contribution in [-0.4, -0.2) is 24.3 Å². The molecule has 0 amide bonds. The number of nitrogens with one attached hydrogen (secondary N) is 1. The summed E-state index contributed by atoms with van der Waals surface area (Å²) in [5.74, 6) is -1.19. The van der Waals surface area contributed by atoms with Gasteiger partial charge in [-0.25, -0.2) is 4.79 Å². The highest BCUT2D eigenvalue weighted by atomic mass is 32.2. The van der Waals surface area contributed by atoms with Crippen LogP contribution >= 0.6 is 11.8 Å². The van der Waals surface area contributed by atoms with E-state index in [9.17, 15) is 14.9 Å². The predicted octanol–water partition coefficient (Wildman–Crippen LogP) is 4.02. The van der Waals surface area contributed by atoms with Gasteiger partial charge >= 0.3 is 11.9 Å². The lowest BCUT2D eigenvalue weighted by Crippen LogP contribution is -2.29. The van der Waals surface area contributed by atoms with Crippen molar-refractivity contribution in [1.82, 2.24) is 5.32 Å². The van der Waals surface area contributed by atoms with Crippen LogP contribution in [0.5, 0.6) is 0 Å². The van der Waals surface area contributed by atoms with E-state index in [0.29, 0.717) is 22.1 Å². The topological polar surface area (TPSA) is 102 Å². The van der Waals surface area contributed by atoms with Gasteiger partial charge in [0, 0.05) is 5.70 Å². The van der Waals surface area contributed by atoms with Crippen LogP contribution in [-0.2, 0) is 25.7 Å². The van der Waals surface area contributed by atoms with Gasteiger partial charge in [-0.05, 0) is 31.5 Å². The fourth-order valence-electron chi connectivity index (χ4n) is 3.16. The molecule has 160 valence electrons. The summed E-state index contributed by atoms with van der Waals surface area (Å²) in [5.41, 5.74) is 2.03. The number of carbonyl (C=O) groups excluding carboxylic acids is 2. The number of benzene rings is 1. The number of hydrogen-bond acceptors (Lipinski definition) is 8. The Bertz CT molecular complexity index is 1040. The van der Waals surface area contributed by atoms with E-state index in [-0.39, 0.29) is 24.5 Å². The second kappa shape index (κ2) is 10.5. The van der Waals surface area contributed by atoms with Crippen molar-refractivity contribution in [1.29, 1.82) is 5.26 Å². The number of ether oxygens (including phenoxy) is 2. The van der Waals surface area contributed by atoms with Gasteiger partial charge in [-0.1, -0.05) is 42.1 Å². The average molecular weight is 439 g/mol. The first kappa shape index (κ1) is 22.2. The van der Waals surface area contributed by atoms with Gasteiger partial charge in [0.2, 0.25) is 0 Å². The SMILES string of the molecule is CCOC(=O)C1=C(C)NC(SCC(=O)OCc2ccccc2)=C(C#N)C1c1ccco1. The van der Waals surface area contributed by atoms with Crippen LogP contribution in [0.15, 0.2) is 75.0 Å². The summed E-state index contributed by atoms with van der Waals surface area (Å²) in [6, 6.07) is 14.9. The van der Waals surface area contributed by atoms with Crippen molar-refractivity contribution in [2.45, 2.75) is 26.4 Å². The summed E-state index contributed by atoms with van der Waals surface area (Å²) in [7, 11) is 0. The number of esters is 2. The Morgan fingerprint density at radius 1 is 1.19 bits per heavy atom. The number of dihydropyridines is 1. The number of hydrogen-bond donors (Lipinski definition) is 1. The van der Waals surface area contributed by atoms with E-state index < -0.39 is 17.9 Å². The first-order valence-electron chi connectivity index (χ1n) is 9.70. The molecule has 0 saturated heterocycles. The summed E-state index contributed by atoms with van der Waals surface area (Å²) < 4.78 is 16.0. The average Bonchev–Trinajstić information content (AvgIpc) is 3.31. The van der Waals surface area contributed by atoms with Crippen molar-refractivity contribution in [3.8, 4) is 6.07 Å². The van der Waals surface area contributed by atoms with Crippen molar-refractivity contribution >= 4 is 23.7 Å². The van der Waals surface area contributed by atoms with Crippen LogP contribution in [0.2, 0.25) is 0 Å². The Morgan fingerprint density at radius 2 is 1.97 bits per heavy atom. The molecule has 1 aromatic heterocycles. The summed E-state index contributed by atoms with van der Waals surface area (Å²) in [5, 5.41) is 13.4. The lowest BCUT2D eigenvalue weighted by atomic mass is 9.86. The van der Waals surface area contributed by atoms with E-state index in [1.807, 2.05) is 30.3 Å². The number of carbonyl (C=O) groups is 2. The van der Waals surface area contributed by atoms with Gasteiger partial charge in [0.25, 0.3) is 0 Å². The minimum absolute atomic E-state index is 0.00718. The molecule has 31 heavy (non-hydrogen) atoms. The Hall–Kier alpha value is -3.44. The molecule has 0 fully saturated rings. The Kier molecular flexibility index (Phi) is 7.57. The second-order valence-corrected chi connectivity index (χ2v) is 7.61. The number of nitriles is 1. The molecule has 3 rings (SSSR count). The molecule has 1 atom stereocenters. The van der Waals surface area contributed by atoms with Crippen LogP contribution < -0.4 is 5.32 Å². The van der Waals surface area contributed by atoms with E-state index in [0.717, 1.165) is 17.3 Å². The molecule has 0 aliphatic carbocycles. The molecular formula is C23H22N2O5S. The monoisotopic (exact) mass is 438 g/mol. The second-order valence-electron chi connectivity index (χ2n) is 6.62. The molecule has 8 heteroatoms. The molecule has 1 aromatic carbocycles.